The summed E-state index contributed by atoms with van der Waals surface area (Å²) in [5.41, 5.74) is 0.496. The van der Waals surface area contributed by atoms with Crippen LogP contribution >= 0.6 is 0 Å². The molecular formula is C11H12FN3O. The second kappa shape index (κ2) is 5.71. The van der Waals surface area contributed by atoms with Gasteiger partial charge in [-0.25, -0.2) is 4.39 Å². The van der Waals surface area contributed by atoms with E-state index in [0.717, 1.165) is 0 Å². The normalized spacial score (nSPS) is 9.31. The molecule has 0 aliphatic carbocycles. The van der Waals surface area contributed by atoms with E-state index in [1.165, 1.54) is 29.2 Å². The van der Waals surface area contributed by atoms with Gasteiger partial charge < -0.3 is 5.32 Å². The molecule has 0 heterocycles. The second-order valence-electron chi connectivity index (χ2n) is 3.12. The Labute approximate surface area is 93.3 Å². The third kappa shape index (κ3) is 3.24. The van der Waals surface area contributed by atoms with E-state index in [-0.39, 0.29) is 18.3 Å². The molecule has 0 radical (unpaired) electrons. The summed E-state index contributed by atoms with van der Waals surface area (Å²) >= 11 is 0. The Bertz CT molecular complexity index is 397. The van der Waals surface area contributed by atoms with Gasteiger partial charge in [-0.1, -0.05) is 0 Å². The number of amides is 1. The van der Waals surface area contributed by atoms with Crippen molar-refractivity contribution in [2.45, 2.75) is 6.92 Å². The van der Waals surface area contributed by atoms with Gasteiger partial charge in [0.25, 0.3) is 0 Å². The van der Waals surface area contributed by atoms with Crippen LogP contribution in [0.2, 0.25) is 0 Å². The quantitative estimate of drug-likeness (QED) is 0.615. The maximum Gasteiger partial charge on any atom is 0.240 e. The van der Waals surface area contributed by atoms with Crippen molar-refractivity contribution < 1.29 is 9.18 Å². The van der Waals surface area contributed by atoms with Crippen molar-refractivity contribution in [3.8, 4) is 6.19 Å². The van der Waals surface area contributed by atoms with Gasteiger partial charge in [0.1, 0.15) is 12.4 Å². The highest BCUT2D eigenvalue weighted by Crippen LogP contribution is 2.13. The van der Waals surface area contributed by atoms with Crippen LogP contribution in [0.1, 0.15) is 6.92 Å². The van der Waals surface area contributed by atoms with Crippen LogP contribution in [-0.4, -0.2) is 19.0 Å². The van der Waals surface area contributed by atoms with Crippen LogP contribution < -0.4 is 10.2 Å². The first-order chi connectivity index (χ1) is 7.67. The van der Waals surface area contributed by atoms with Gasteiger partial charge in [0.2, 0.25) is 5.91 Å². The Balaban J connectivity index is 2.72. The molecule has 0 fully saturated rings. The molecule has 0 unspecified atom stereocenters. The second-order valence-corrected chi connectivity index (χ2v) is 3.12. The fourth-order valence-corrected chi connectivity index (χ4v) is 1.20. The molecule has 1 aromatic rings. The van der Waals surface area contributed by atoms with Crippen LogP contribution in [0, 0.1) is 17.3 Å². The lowest BCUT2D eigenvalue weighted by Gasteiger charge is -2.14. The predicted octanol–water partition coefficient (Wildman–Crippen LogP) is 1.25. The first-order valence-corrected chi connectivity index (χ1v) is 4.87. The van der Waals surface area contributed by atoms with E-state index < -0.39 is 0 Å². The molecule has 4 nitrogen and oxygen atoms in total. The van der Waals surface area contributed by atoms with Crippen LogP contribution in [-0.2, 0) is 4.79 Å². The summed E-state index contributed by atoms with van der Waals surface area (Å²) in [7, 11) is 0. The number of benzene rings is 1. The highest BCUT2D eigenvalue weighted by Gasteiger charge is 2.10. The maximum absolute atomic E-state index is 12.7. The Hall–Kier alpha value is -2.09. The number of halogens is 1. The summed E-state index contributed by atoms with van der Waals surface area (Å²) < 4.78 is 12.7. The van der Waals surface area contributed by atoms with Crippen LogP contribution in [0.4, 0.5) is 10.1 Å². The molecule has 0 atom stereocenters. The van der Waals surface area contributed by atoms with Gasteiger partial charge in [-0.2, -0.15) is 5.26 Å². The minimum Gasteiger partial charge on any atom is -0.355 e. The molecule has 84 valence electrons. The zero-order valence-electron chi connectivity index (χ0n) is 8.90. The van der Waals surface area contributed by atoms with Crippen LogP contribution in [0.3, 0.4) is 0 Å². The summed E-state index contributed by atoms with van der Waals surface area (Å²) in [5.74, 6) is -0.618. The van der Waals surface area contributed by atoms with Crippen molar-refractivity contribution in [1.82, 2.24) is 5.32 Å². The summed E-state index contributed by atoms with van der Waals surface area (Å²) in [5, 5.41) is 11.5. The third-order valence-electron chi connectivity index (χ3n) is 1.93. The maximum atomic E-state index is 12.7. The molecule has 0 aromatic heterocycles. The first-order valence-electron chi connectivity index (χ1n) is 4.87. The van der Waals surface area contributed by atoms with Gasteiger partial charge in [-0.15, -0.1) is 0 Å². The number of nitriles is 1. The molecule has 1 N–H and O–H groups in total. The fraction of sp³-hybridized carbons (Fsp3) is 0.273. The van der Waals surface area contributed by atoms with Crippen molar-refractivity contribution in [2.75, 3.05) is 18.0 Å². The number of hydrogen-bond donors (Lipinski definition) is 1. The largest absolute Gasteiger partial charge is 0.355 e. The van der Waals surface area contributed by atoms with Crippen LogP contribution in [0.5, 0.6) is 0 Å². The number of hydrogen-bond acceptors (Lipinski definition) is 3. The zero-order valence-corrected chi connectivity index (χ0v) is 8.90. The van der Waals surface area contributed by atoms with E-state index in [1.54, 1.807) is 6.92 Å². The van der Waals surface area contributed by atoms with E-state index in [0.29, 0.717) is 12.2 Å². The SMILES string of the molecule is CCNC(=O)CN(C#N)c1ccc(F)cc1. The number of likely N-dealkylation sites (N-methyl/N-ethyl adjacent to an activating group) is 1. The molecule has 0 bridgehead atoms. The number of anilines is 1. The van der Waals surface area contributed by atoms with E-state index in [4.69, 9.17) is 5.26 Å². The Morgan fingerprint density at radius 3 is 2.62 bits per heavy atom. The topological polar surface area (TPSA) is 56.1 Å². The highest BCUT2D eigenvalue weighted by molar-refractivity contribution is 5.82. The smallest absolute Gasteiger partial charge is 0.240 e. The molecule has 1 amide bonds. The summed E-state index contributed by atoms with van der Waals surface area (Å²) in [4.78, 5) is 12.5. The van der Waals surface area contributed by atoms with Crippen molar-refractivity contribution in [1.29, 1.82) is 5.26 Å². The first kappa shape index (κ1) is 12.0. The molecule has 1 aromatic carbocycles. The average Bonchev–Trinajstić information content (AvgIpc) is 2.27. The van der Waals surface area contributed by atoms with Gasteiger partial charge in [0.15, 0.2) is 6.19 Å². The lowest BCUT2D eigenvalue weighted by atomic mass is 10.3. The van der Waals surface area contributed by atoms with Gasteiger partial charge in [-0.05, 0) is 31.2 Å². The van der Waals surface area contributed by atoms with Gasteiger partial charge in [0, 0.05) is 6.54 Å². The Kier molecular flexibility index (Phi) is 4.28. The number of rotatable bonds is 4. The summed E-state index contributed by atoms with van der Waals surface area (Å²) in [6.07, 6.45) is 1.88. The minimum absolute atomic E-state index is 0.0596. The van der Waals surface area contributed by atoms with Gasteiger partial charge >= 0.3 is 0 Å². The van der Waals surface area contributed by atoms with Crippen molar-refractivity contribution in [2.24, 2.45) is 0 Å². The molecular weight excluding hydrogens is 209 g/mol. The molecule has 0 saturated heterocycles. The number of carbonyl (C=O) groups excluding carboxylic acids is 1. The van der Waals surface area contributed by atoms with Crippen molar-refractivity contribution >= 4 is 11.6 Å². The predicted molar refractivity (Wildman–Crippen MR) is 58.0 cm³/mol. The Morgan fingerprint density at radius 1 is 1.50 bits per heavy atom. The molecule has 0 aliphatic rings. The Morgan fingerprint density at radius 2 is 2.12 bits per heavy atom. The average molecular weight is 221 g/mol. The monoisotopic (exact) mass is 221 g/mol. The van der Waals surface area contributed by atoms with E-state index in [1.807, 2.05) is 6.19 Å². The van der Waals surface area contributed by atoms with E-state index in [2.05, 4.69) is 5.32 Å². The number of nitrogens with one attached hydrogen (secondary N) is 1. The molecule has 1 rings (SSSR count). The summed E-state index contributed by atoms with van der Waals surface area (Å²) in [6.45, 7) is 2.25. The van der Waals surface area contributed by atoms with Gasteiger partial charge in [-0.3, -0.25) is 9.69 Å². The van der Waals surface area contributed by atoms with Crippen LogP contribution in [0.15, 0.2) is 24.3 Å². The zero-order chi connectivity index (χ0) is 12.0. The third-order valence-corrected chi connectivity index (χ3v) is 1.93. The molecule has 0 spiro atoms. The van der Waals surface area contributed by atoms with Crippen LogP contribution in [0.25, 0.3) is 0 Å². The molecule has 5 heteroatoms. The number of nitrogens with zero attached hydrogens (tertiary/aromatic N) is 2. The fourth-order valence-electron chi connectivity index (χ4n) is 1.20. The lowest BCUT2D eigenvalue weighted by Crippen LogP contribution is -2.34. The van der Waals surface area contributed by atoms with E-state index in [9.17, 15) is 9.18 Å². The van der Waals surface area contributed by atoms with Gasteiger partial charge in [0.05, 0.1) is 5.69 Å². The molecule has 0 saturated carbocycles. The minimum atomic E-state index is -0.375. The highest BCUT2D eigenvalue weighted by atomic mass is 19.1. The van der Waals surface area contributed by atoms with Crippen molar-refractivity contribution in [3.63, 3.8) is 0 Å². The lowest BCUT2D eigenvalue weighted by molar-refractivity contribution is -0.119. The summed E-state index contributed by atoms with van der Waals surface area (Å²) in [6, 6.07) is 5.41. The molecule has 0 aliphatic heterocycles. The standard InChI is InChI=1S/C11H12FN3O/c1-2-14-11(16)7-15(8-13)10-5-3-9(12)4-6-10/h3-6H,2,7H2,1H3,(H,14,16). The number of carbonyl (C=O) groups is 1. The van der Waals surface area contributed by atoms with Crippen molar-refractivity contribution in [3.05, 3.63) is 30.1 Å². The van der Waals surface area contributed by atoms with E-state index >= 15 is 0 Å². The molecule has 16 heavy (non-hydrogen) atoms.